The van der Waals surface area contributed by atoms with E-state index in [1.54, 1.807) is 34.6 Å². The van der Waals surface area contributed by atoms with E-state index in [9.17, 15) is 14.7 Å². The van der Waals surface area contributed by atoms with Crippen LogP contribution < -0.4 is 5.32 Å². The van der Waals surface area contributed by atoms with Crippen LogP contribution in [0.4, 0.5) is 19.3 Å². The Hall–Kier alpha value is -3.64. The van der Waals surface area contributed by atoms with Crippen molar-refractivity contribution < 1.29 is 33.0 Å². The molecule has 1 aromatic carbocycles. The standard InChI is InChI=1S/C35H45F2N5O5SSi/c1-22(43)19-40-30(44)35-18-29(35)34(5,25-16-23(10-12-26(25)36)17-27(37)28-13-11-24(38-6)20-39-28)41-31(48-35)42(32(45)47-33(2,3)4)21-46-14-15-49(7,8)9/h10-13,16-17,20,22,29,43H,14-15,18-19,21H2,1-5,7-9H3,(H,40,44)/b27-17-/t22?,29-,34+,35-/m0/s1. The maximum absolute atomic E-state index is 15.9. The minimum Gasteiger partial charge on any atom is -0.443 e. The van der Waals surface area contributed by atoms with Crippen molar-refractivity contribution in [3.63, 3.8) is 0 Å². The van der Waals surface area contributed by atoms with E-state index in [1.165, 1.54) is 47.5 Å². The van der Waals surface area contributed by atoms with E-state index in [2.05, 4.69) is 34.8 Å². The van der Waals surface area contributed by atoms with Gasteiger partial charge in [-0.1, -0.05) is 43.5 Å². The molecule has 10 nitrogen and oxygen atoms in total. The fourth-order valence-electron chi connectivity index (χ4n) is 5.39. The van der Waals surface area contributed by atoms with Gasteiger partial charge in [-0.05, 0) is 76.9 Å². The average Bonchev–Trinajstić information content (AvgIpc) is 3.76. The number of benzene rings is 1. The molecule has 0 spiro atoms. The number of nitrogens with one attached hydrogen (secondary N) is 1. The Morgan fingerprint density at radius 1 is 1.29 bits per heavy atom. The maximum atomic E-state index is 15.9. The molecule has 1 aliphatic carbocycles. The molecular weight excluding hydrogens is 669 g/mol. The van der Waals surface area contributed by atoms with Gasteiger partial charge in [0, 0.05) is 38.9 Å². The topological polar surface area (TPSA) is 118 Å². The van der Waals surface area contributed by atoms with Gasteiger partial charge in [-0.15, -0.1) is 0 Å². The highest BCUT2D eigenvalue weighted by Crippen LogP contribution is 2.66. The number of carbonyl (C=O) groups excluding carboxylic acids is 2. The number of aliphatic hydroxyl groups is 1. The summed E-state index contributed by atoms with van der Waals surface area (Å²) in [6, 6.07) is 7.82. The molecule has 1 aliphatic heterocycles. The van der Waals surface area contributed by atoms with E-state index in [4.69, 9.17) is 21.0 Å². The minimum absolute atomic E-state index is 0.00541. The van der Waals surface area contributed by atoms with Crippen molar-refractivity contribution in [2.75, 3.05) is 19.9 Å². The van der Waals surface area contributed by atoms with Gasteiger partial charge in [0.1, 0.15) is 28.7 Å². The van der Waals surface area contributed by atoms with Crippen LogP contribution in [0.2, 0.25) is 25.7 Å². The third-order valence-corrected chi connectivity index (χ3v) is 11.3. The number of carbonyl (C=O) groups is 2. The number of aliphatic imine (C=N–C) groups is 1. The van der Waals surface area contributed by atoms with Crippen LogP contribution in [0.1, 0.15) is 57.9 Å². The normalized spacial score (nSPS) is 22.7. The lowest BCUT2D eigenvalue weighted by Crippen LogP contribution is -2.49. The number of halogens is 2. The first kappa shape index (κ1) is 38.2. The number of pyridine rings is 1. The van der Waals surface area contributed by atoms with Gasteiger partial charge in [0.15, 0.2) is 5.17 Å². The quantitative estimate of drug-likeness (QED) is 0.108. The molecule has 2 N–H and O–H groups in total. The van der Waals surface area contributed by atoms with Crippen molar-refractivity contribution in [1.29, 1.82) is 0 Å². The molecule has 2 aromatic rings. The Labute approximate surface area is 292 Å². The van der Waals surface area contributed by atoms with Gasteiger partial charge in [-0.3, -0.25) is 14.8 Å². The zero-order chi connectivity index (χ0) is 36.4. The van der Waals surface area contributed by atoms with Crippen LogP contribution in [0, 0.1) is 18.3 Å². The second-order valence-corrected chi connectivity index (χ2v) is 21.8. The van der Waals surface area contributed by atoms with Crippen LogP contribution in [0.25, 0.3) is 16.7 Å². The first-order chi connectivity index (χ1) is 22.8. The van der Waals surface area contributed by atoms with Crippen LogP contribution in [0.15, 0.2) is 41.5 Å². The molecule has 1 unspecified atom stereocenters. The fraction of sp³-hybridized carbons (Fsp3) is 0.514. The molecule has 0 radical (unpaired) electrons. The fourth-order valence-corrected chi connectivity index (χ4v) is 7.74. The van der Waals surface area contributed by atoms with Gasteiger partial charge in [-0.25, -0.2) is 23.3 Å². The van der Waals surface area contributed by atoms with Crippen molar-refractivity contribution in [3.05, 3.63) is 70.6 Å². The Morgan fingerprint density at radius 2 is 2.00 bits per heavy atom. The van der Waals surface area contributed by atoms with Gasteiger partial charge < -0.3 is 19.9 Å². The predicted molar refractivity (Wildman–Crippen MR) is 191 cm³/mol. The number of rotatable bonds is 11. The molecule has 49 heavy (non-hydrogen) atoms. The lowest BCUT2D eigenvalue weighted by Gasteiger charge is -2.38. The summed E-state index contributed by atoms with van der Waals surface area (Å²) in [6.07, 6.45) is 1.25. The monoisotopic (exact) mass is 713 g/mol. The van der Waals surface area contributed by atoms with Gasteiger partial charge >= 0.3 is 6.09 Å². The van der Waals surface area contributed by atoms with Crippen LogP contribution in [-0.2, 0) is 19.8 Å². The molecule has 2 heterocycles. The van der Waals surface area contributed by atoms with Crippen molar-refractivity contribution in [2.45, 2.75) is 88.7 Å². The molecule has 0 bridgehead atoms. The van der Waals surface area contributed by atoms with Crippen LogP contribution >= 0.6 is 11.8 Å². The summed E-state index contributed by atoms with van der Waals surface area (Å²) < 4.78 is 41.8. The molecule has 1 aromatic heterocycles. The molecule has 0 saturated heterocycles. The lowest BCUT2D eigenvalue weighted by atomic mass is 9.84. The molecule has 1 fully saturated rings. The number of fused-ring (bicyclic) bond motifs is 1. The van der Waals surface area contributed by atoms with E-state index < -0.39 is 53.7 Å². The van der Waals surface area contributed by atoms with Crippen LogP contribution in [0.3, 0.4) is 0 Å². The number of amidine groups is 1. The lowest BCUT2D eigenvalue weighted by molar-refractivity contribution is -0.122. The van der Waals surface area contributed by atoms with E-state index in [-0.39, 0.29) is 41.3 Å². The van der Waals surface area contributed by atoms with Crippen molar-refractivity contribution in [2.24, 2.45) is 10.9 Å². The summed E-state index contributed by atoms with van der Waals surface area (Å²) in [4.78, 5) is 41.0. The number of aliphatic hydroxyl groups excluding tert-OH is 1. The number of amides is 2. The molecule has 2 aliphatic rings. The predicted octanol–water partition coefficient (Wildman–Crippen LogP) is 7.36. The Kier molecular flexibility index (Phi) is 11.4. The molecule has 2 amide bonds. The Bertz CT molecular complexity index is 1670. The van der Waals surface area contributed by atoms with Gasteiger partial charge in [0.25, 0.3) is 0 Å². The first-order valence-electron chi connectivity index (χ1n) is 16.1. The van der Waals surface area contributed by atoms with Crippen LogP contribution in [0.5, 0.6) is 0 Å². The summed E-state index contributed by atoms with van der Waals surface area (Å²) in [6.45, 7) is 22.4. The number of hydrogen-bond donors (Lipinski definition) is 2. The second-order valence-electron chi connectivity index (χ2n) is 14.9. The average molecular weight is 714 g/mol. The van der Waals surface area contributed by atoms with Crippen LogP contribution in [-0.4, -0.2) is 76.6 Å². The number of aromatic nitrogens is 1. The minimum atomic E-state index is -1.46. The number of ether oxygens (including phenoxy) is 2. The number of nitrogens with zero attached hydrogens (tertiary/aromatic N) is 4. The highest BCUT2D eigenvalue weighted by atomic mass is 32.2. The summed E-state index contributed by atoms with van der Waals surface area (Å²) in [5, 5.41) is 12.8. The number of hydrogen-bond acceptors (Lipinski definition) is 8. The highest BCUT2D eigenvalue weighted by molar-refractivity contribution is 8.16. The van der Waals surface area contributed by atoms with Gasteiger partial charge in [0.05, 0.1) is 23.9 Å². The molecule has 4 rings (SSSR count). The molecule has 14 heteroatoms. The smallest absolute Gasteiger partial charge is 0.418 e. The summed E-state index contributed by atoms with van der Waals surface area (Å²) >= 11 is 1.10. The van der Waals surface area contributed by atoms with E-state index in [0.717, 1.165) is 17.8 Å². The Balaban J connectivity index is 1.79. The Morgan fingerprint density at radius 3 is 2.59 bits per heavy atom. The van der Waals surface area contributed by atoms with Gasteiger partial charge in [-0.2, -0.15) is 0 Å². The molecule has 4 atom stereocenters. The molecular formula is C35H45F2N5O5SSi. The second kappa shape index (κ2) is 14.7. The number of thioether (sulfide) groups is 1. The van der Waals surface area contributed by atoms with E-state index in [0.29, 0.717) is 18.6 Å². The van der Waals surface area contributed by atoms with Crippen molar-refractivity contribution >= 4 is 54.6 Å². The van der Waals surface area contributed by atoms with E-state index >= 15 is 8.78 Å². The summed E-state index contributed by atoms with van der Waals surface area (Å²) in [7, 11) is -1.46. The molecule has 264 valence electrons. The maximum Gasteiger partial charge on any atom is 0.418 e. The third kappa shape index (κ3) is 9.33. The SMILES string of the molecule is [C-]#[N+]c1ccc(/C(F)=C/c2ccc(F)c([C@@]3(C)N=C(N(COCC[Si](C)(C)C)C(=O)OC(C)(C)C)S[C@@]4(C(=O)NCC(C)O)C[C@H]43)c2)nc1. The van der Waals surface area contributed by atoms with Gasteiger partial charge in [0.2, 0.25) is 11.6 Å². The zero-order valence-electron chi connectivity index (χ0n) is 29.3. The zero-order valence-corrected chi connectivity index (χ0v) is 31.1. The van der Waals surface area contributed by atoms with E-state index in [1.807, 2.05) is 0 Å². The third-order valence-electron chi connectivity index (χ3n) is 8.14. The van der Waals surface area contributed by atoms with Crippen molar-refractivity contribution in [1.82, 2.24) is 15.2 Å². The molecule has 1 saturated carbocycles. The van der Waals surface area contributed by atoms with Crippen molar-refractivity contribution in [3.8, 4) is 0 Å². The highest BCUT2D eigenvalue weighted by Gasteiger charge is 2.71. The largest absolute Gasteiger partial charge is 0.443 e. The summed E-state index contributed by atoms with van der Waals surface area (Å²) in [5.74, 6) is -2.18. The first-order valence-corrected chi connectivity index (χ1v) is 20.6. The summed E-state index contributed by atoms with van der Waals surface area (Å²) in [5.41, 5.74) is -1.51.